The summed E-state index contributed by atoms with van der Waals surface area (Å²) in [6.45, 7) is 2.25. The summed E-state index contributed by atoms with van der Waals surface area (Å²) in [6, 6.07) is 0. The second-order valence-corrected chi connectivity index (χ2v) is 0.724. The fourth-order valence-corrected chi connectivity index (χ4v) is 0. The number of rotatable bonds is 1. The van der Waals surface area contributed by atoms with Gasteiger partial charge < -0.3 is 16.1 Å². The minimum atomic E-state index is 0. The molecule has 0 unspecified atom stereocenters. The molecule has 42 valence electrons. The summed E-state index contributed by atoms with van der Waals surface area (Å²) in [7, 11) is 0. The van der Waals surface area contributed by atoms with E-state index in [1.807, 2.05) is 6.92 Å². The maximum Gasteiger partial charge on any atom is 1.00 e. The molecular formula is C3H10KLiO3. The molecule has 0 amide bonds. The molecule has 0 spiro atoms. The first-order chi connectivity index (χ1) is 1.91. The van der Waals surface area contributed by atoms with Crippen LogP contribution in [-0.2, 0) is 0 Å². The Morgan fingerprint density at radius 3 is 1.38 bits per heavy atom. The summed E-state index contributed by atoms with van der Waals surface area (Å²) in [5.74, 6) is 0. The van der Waals surface area contributed by atoms with Crippen LogP contribution >= 0.6 is 0 Å². The van der Waals surface area contributed by atoms with Crippen molar-refractivity contribution in [3.8, 4) is 0 Å². The van der Waals surface area contributed by atoms with Crippen molar-refractivity contribution in [3.05, 3.63) is 0 Å². The predicted molar refractivity (Wildman–Crippen MR) is 21.2 cm³/mol. The molecule has 0 saturated heterocycles. The predicted octanol–water partition coefficient (Wildman–Crippen LogP) is -5.96. The first kappa shape index (κ1) is 32.1. The SMILES string of the molecule is CCCO.[K+].[Li+].[OH-].[OH-]. The van der Waals surface area contributed by atoms with E-state index >= 15 is 0 Å². The summed E-state index contributed by atoms with van der Waals surface area (Å²) in [4.78, 5) is 0. The number of hydrogen-bond donors (Lipinski definition) is 1. The second kappa shape index (κ2) is 35.5. The van der Waals surface area contributed by atoms with Crippen LogP contribution in [0.1, 0.15) is 13.3 Å². The Morgan fingerprint density at radius 1 is 1.25 bits per heavy atom. The van der Waals surface area contributed by atoms with Crippen molar-refractivity contribution in [2.24, 2.45) is 0 Å². The van der Waals surface area contributed by atoms with E-state index in [0.29, 0.717) is 6.61 Å². The van der Waals surface area contributed by atoms with Gasteiger partial charge in [0.15, 0.2) is 0 Å². The van der Waals surface area contributed by atoms with Gasteiger partial charge in [-0.15, -0.1) is 0 Å². The number of aliphatic hydroxyl groups is 1. The molecule has 3 N–H and O–H groups in total. The van der Waals surface area contributed by atoms with Crippen molar-refractivity contribution in [1.82, 2.24) is 0 Å². The zero-order chi connectivity index (χ0) is 3.41. The van der Waals surface area contributed by atoms with Gasteiger partial charge >= 0.3 is 70.2 Å². The molecular weight excluding hydrogens is 130 g/mol. The molecule has 0 rings (SSSR count). The maximum atomic E-state index is 7.88. The standard InChI is InChI=1S/C3H8O.K.Li.2H2O/c1-2-3-4;;;;/h4H,2-3H2,1H3;;;2*1H2/q;2*+1;;/p-2. The Labute approximate surface area is 104 Å². The Hall–Kier alpha value is 2.11. The Bertz CT molecular complexity index is 16.5. The molecule has 0 fully saturated rings. The van der Waals surface area contributed by atoms with Crippen molar-refractivity contribution >= 4 is 0 Å². The first-order valence-electron chi connectivity index (χ1n) is 1.52. The van der Waals surface area contributed by atoms with Crippen molar-refractivity contribution in [1.29, 1.82) is 0 Å². The molecule has 5 heteroatoms. The Kier molecular flexibility index (Phi) is 142. The average molecular weight is 140 g/mol. The molecule has 0 aliphatic carbocycles. The van der Waals surface area contributed by atoms with E-state index in [2.05, 4.69) is 0 Å². The summed E-state index contributed by atoms with van der Waals surface area (Å²) in [5.41, 5.74) is 0. The first-order valence-corrected chi connectivity index (χ1v) is 1.52. The van der Waals surface area contributed by atoms with E-state index < -0.39 is 0 Å². The van der Waals surface area contributed by atoms with Crippen LogP contribution in [0, 0.1) is 0 Å². The van der Waals surface area contributed by atoms with Crippen LogP contribution in [0.3, 0.4) is 0 Å². The fourth-order valence-electron chi connectivity index (χ4n) is 0. The zero-order valence-electron chi connectivity index (χ0n) is 5.76. The van der Waals surface area contributed by atoms with Crippen LogP contribution in [0.5, 0.6) is 0 Å². The summed E-state index contributed by atoms with van der Waals surface area (Å²) >= 11 is 0. The van der Waals surface area contributed by atoms with Gasteiger partial charge in [-0.05, 0) is 6.42 Å². The van der Waals surface area contributed by atoms with Crippen LogP contribution in [0.15, 0.2) is 0 Å². The topological polar surface area (TPSA) is 80.2 Å². The van der Waals surface area contributed by atoms with Gasteiger partial charge in [0.1, 0.15) is 0 Å². The third-order valence-electron chi connectivity index (χ3n) is 0.224. The monoisotopic (exact) mass is 140 g/mol. The molecule has 0 aromatic rings. The molecule has 0 aromatic carbocycles. The molecule has 0 aliphatic heterocycles. The van der Waals surface area contributed by atoms with Gasteiger partial charge in [0, 0.05) is 6.61 Å². The number of hydrogen-bond acceptors (Lipinski definition) is 3. The summed E-state index contributed by atoms with van der Waals surface area (Å²) in [6.07, 6.45) is 0.875. The molecule has 3 nitrogen and oxygen atoms in total. The van der Waals surface area contributed by atoms with Crippen molar-refractivity contribution in [2.45, 2.75) is 13.3 Å². The van der Waals surface area contributed by atoms with Crippen LogP contribution in [-0.4, -0.2) is 22.7 Å². The minimum absolute atomic E-state index is 0. The smallest absolute Gasteiger partial charge is 0.870 e. The molecule has 0 bridgehead atoms. The summed E-state index contributed by atoms with van der Waals surface area (Å²) in [5, 5.41) is 7.88. The van der Waals surface area contributed by atoms with Gasteiger partial charge in [-0.25, -0.2) is 0 Å². The third-order valence-corrected chi connectivity index (χ3v) is 0.224. The molecule has 0 radical (unpaired) electrons. The van der Waals surface area contributed by atoms with Gasteiger partial charge in [0.2, 0.25) is 0 Å². The van der Waals surface area contributed by atoms with Crippen molar-refractivity contribution in [2.75, 3.05) is 6.61 Å². The van der Waals surface area contributed by atoms with E-state index in [-0.39, 0.29) is 81.2 Å². The van der Waals surface area contributed by atoms with Crippen LogP contribution < -0.4 is 70.2 Å². The molecule has 0 atom stereocenters. The average Bonchev–Trinajstić information content (AvgIpc) is 1.37. The van der Waals surface area contributed by atoms with E-state index in [1.165, 1.54) is 0 Å². The summed E-state index contributed by atoms with van der Waals surface area (Å²) < 4.78 is 0. The Balaban J connectivity index is -0.00000000750. The molecule has 0 aliphatic rings. The molecule has 8 heavy (non-hydrogen) atoms. The van der Waals surface area contributed by atoms with Crippen LogP contribution in [0.4, 0.5) is 0 Å². The van der Waals surface area contributed by atoms with Crippen molar-refractivity contribution in [3.63, 3.8) is 0 Å². The van der Waals surface area contributed by atoms with Crippen LogP contribution in [0.2, 0.25) is 0 Å². The van der Waals surface area contributed by atoms with E-state index in [4.69, 9.17) is 5.11 Å². The maximum absolute atomic E-state index is 7.88. The molecule has 0 saturated carbocycles. The molecule has 0 heterocycles. The van der Waals surface area contributed by atoms with Crippen LogP contribution in [0.25, 0.3) is 0 Å². The second-order valence-electron chi connectivity index (χ2n) is 0.724. The third kappa shape index (κ3) is 42.3. The quantitative estimate of drug-likeness (QED) is 0.368. The normalized spacial score (nSPS) is 3.75. The largest absolute Gasteiger partial charge is 1.00 e. The van der Waals surface area contributed by atoms with E-state index in [0.717, 1.165) is 6.42 Å². The van der Waals surface area contributed by atoms with Gasteiger partial charge in [-0.1, -0.05) is 6.92 Å². The fraction of sp³-hybridized carbons (Fsp3) is 1.00. The van der Waals surface area contributed by atoms with Gasteiger partial charge in [-0.2, -0.15) is 0 Å². The molecule has 0 aromatic heterocycles. The number of aliphatic hydroxyl groups excluding tert-OH is 1. The van der Waals surface area contributed by atoms with Gasteiger partial charge in [0.05, 0.1) is 0 Å². The van der Waals surface area contributed by atoms with Gasteiger partial charge in [-0.3, -0.25) is 0 Å². The minimum Gasteiger partial charge on any atom is -0.870 e. The zero-order valence-corrected chi connectivity index (χ0v) is 8.88. The van der Waals surface area contributed by atoms with Gasteiger partial charge in [0.25, 0.3) is 0 Å². The Morgan fingerprint density at radius 2 is 1.38 bits per heavy atom. The van der Waals surface area contributed by atoms with E-state index in [9.17, 15) is 0 Å². The van der Waals surface area contributed by atoms with Crippen molar-refractivity contribution < 1.29 is 86.3 Å². The van der Waals surface area contributed by atoms with E-state index in [1.54, 1.807) is 0 Å².